The van der Waals surface area contributed by atoms with Crippen molar-refractivity contribution in [1.82, 2.24) is 0 Å². The van der Waals surface area contributed by atoms with Gasteiger partial charge < -0.3 is 10.2 Å². The van der Waals surface area contributed by atoms with Crippen molar-refractivity contribution in [3.8, 4) is 11.5 Å². The molecule has 1 fully saturated rings. The summed E-state index contributed by atoms with van der Waals surface area (Å²) in [7, 11) is 0. The molecular formula is C26H34N2O2. The number of benzene rings is 2. The van der Waals surface area contributed by atoms with E-state index in [1.165, 1.54) is 11.1 Å². The summed E-state index contributed by atoms with van der Waals surface area (Å²) in [5, 5.41) is 20.3. The molecule has 0 amide bonds. The molecule has 0 aromatic heterocycles. The molecule has 2 atom stereocenters. The van der Waals surface area contributed by atoms with E-state index in [-0.39, 0.29) is 23.6 Å². The summed E-state index contributed by atoms with van der Waals surface area (Å²) < 4.78 is 0. The third kappa shape index (κ3) is 6.19. The minimum absolute atomic E-state index is 0.218. The molecule has 1 saturated carbocycles. The number of hydrogen-bond acceptors (Lipinski definition) is 4. The van der Waals surface area contributed by atoms with Gasteiger partial charge in [-0.25, -0.2) is 0 Å². The first kappa shape index (κ1) is 22.1. The summed E-state index contributed by atoms with van der Waals surface area (Å²) in [4.78, 5) is 9.54. The minimum atomic E-state index is 0.218. The van der Waals surface area contributed by atoms with Crippen molar-refractivity contribution >= 4 is 12.4 Å². The number of hydrogen-bond donors (Lipinski definition) is 2. The molecule has 2 aromatic carbocycles. The zero-order valence-corrected chi connectivity index (χ0v) is 18.2. The van der Waals surface area contributed by atoms with Crippen LogP contribution in [-0.2, 0) is 12.8 Å². The largest absolute Gasteiger partial charge is 0.507 e. The van der Waals surface area contributed by atoms with Gasteiger partial charge in [0, 0.05) is 23.6 Å². The molecule has 30 heavy (non-hydrogen) atoms. The Morgan fingerprint density at radius 3 is 1.70 bits per heavy atom. The number of phenolic OH excluding ortho intramolecular Hbond substituents is 2. The predicted molar refractivity (Wildman–Crippen MR) is 125 cm³/mol. The highest BCUT2D eigenvalue weighted by Gasteiger charge is 2.20. The Morgan fingerprint density at radius 2 is 1.27 bits per heavy atom. The first-order chi connectivity index (χ1) is 14.6. The average Bonchev–Trinajstić information content (AvgIpc) is 2.75. The number of aliphatic imine (C=N–C) groups is 2. The molecule has 2 N–H and O–H groups in total. The monoisotopic (exact) mass is 406 g/mol. The van der Waals surface area contributed by atoms with Crippen molar-refractivity contribution in [2.24, 2.45) is 9.98 Å². The van der Waals surface area contributed by atoms with Crippen molar-refractivity contribution in [1.29, 1.82) is 0 Å². The van der Waals surface area contributed by atoms with Crippen LogP contribution >= 0.6 is 0 Å². The quantitative estimate of drug-likeness (QED) is 0.540. The lowest BCUT2D eigenvalue weighted by atomic mass is 9.91. The van der Waals surface area contributed by atoms with Gasteiger partial charge in [0.25, 0.3) is 0 Å². The van der Waals surface area contributed by atoms with Crippen LogP contribution in [0.4, 0.5) is 0 Å². The minimum Gasteiger partial charge on any atom is -0.507 e. The summed E-state index contributed by atoms with van der Waals surface area (Å²) in [6.45, 7) is 4.31. The maximum Gasteiger partial charge on any atom is 0.124 e. The Hall–Kier alpha value is -2.62. The fraction of sp³-hybridized carbons (Fsp3) is 0.462. The highest BCUT2D eigenvalue weighted by atomic mass is 16.3. The predicted octanol–water partition coefficient (Wildman–Crippen LogP) is 5.85. The molecule has 4 nitrogen and oxygen atoms in total. The maximum absolute atomic E-state index is 10.1. The van der Waals surface area contributed by atoms with Crippen LogP contribution in [-0.4, -0.2) is 34.7 Å². The van der Waals surface area contributed by atoms with Gasteiger partial charge in [0.05, 0.1) is 12.1 Å². The Labute approximate surface area is 180 Å². The molecule has 0 aliphatic heterocycles. The van der Waals surface area contributed by atoms with E-state index in [0.29, 0.717) is 0 Å². The van der Waals surface area contributed by atoms with Gasteiger partial charge in [-0.1, -0.05) is 38.8 Å². The summed E-state index contributed by atoms with van der Waals surface area (Å²) in [5.41, 5.74) is 4.05. The van der Waals surface area contributed by atoms with Crippen LogP contribution in [0.1, 0.15) is 74.6 Å². The molecule has 2 unspecified atom stereocenters. The van der Waals surface area contributed by atoms with Gasteiger partial charge >= 0.3 is 0 Å². The average molecular weight is 407 g/mol. The van der Waals surface area contributed by atoms with Crippen LogP contribution in [0.5, 0.6) is 11.5 Å². The highest BCUT2D eigenvalue weighted by Crippen LogP contribution is 2.25. The molecule has 0 radical (unpaired) electrons. The van der Waals surface area contributed by atoms with E-state index in [0.717, 1.165) is 62.5 Å². The van der Waals surface area contributed by atoms with Crippen LogP contribution in [0.2, 0.25) is 0 Å². The van der Waals surface area contributed by atoms with E-state index in [9.17, 15) is 10.2 Å². The number of aryl methyl sites for hydroxylation is 2. The van der Waals surface area contributed by atoms with E-state index < -0.39 is 0 Å². The zero-order valence-electron chi connectivity index (χ0n) is 18.2. The molecule has 1 aliphatic carbocycles. The van der Waals surface area contributed by atoms with Gasteiger partial charge in [-0.2, -0.15) is 0 Å². The second-order valence-electron chi connectivity index (χ2n) is 8.32. The van der Waals surface area contributed by atoms with Gasteiger partial charge in [-0.05, 0) is 73.9 Å². The molecule has 0 heterocycles. The van der Waals surface area contributed by atoms with E-state index in [2.05, 4.69) is 13.8 Å². The fourth-order valence-corrected chi connectivity index (χ4v) is 4.08. The summed E-state index contributed by atoms with van der Waals surface area (Å²) >= 11 is 0. The molecule has 0 spiro atoms. The van der Waals surface area contributed by atoms with Gasteiger partial charge in [0.15, 0.2) is 0 Å². The van der Waals surface area contributed by atoms with E-state index in [4.69, 9.17) is 9.98 Å². The van der Waals surface area contributed by atoms with Crippen LogP contribution in [0.3, 0.4) is 0 Å². The fourth-order valence-electron chi connectivity index (χ4n) is 4.08. The van der Waals surface area contributed by atoms with Crippen LogP contribution in [0, 0.1) is 0 Å². The Kier molecular flexibility index (Phi) is 8.06. The first-order valence-corrected chi connectivity index (χ1v) is 11.3. The molecule has 1 aliphatic rings. The maximum atomic E-state index is 10.1. The molecule has 3 rings (SSSR count). The van der Waals surface area contributed by atoms with Crippen LogP contribution in [0.25, 0.3) is 0 Å². The lowest BCUT2D eigenvalue weighted by Gasteiger charge is -2.24. The molecule has 160 valence electrons. The van der Waals surface area contributed by atoms with E-state index in [1.54, 1.807) is 12.1 Å². The first-order valence-electron chi connectivity index (χ1n) is 11.3. The summed E-state index contributed by atoms with van der Waals surface area (Å²) in [6, 6.07) is 12.0. The number of phenols is 2. The second kappa shape index (κ2) is 11.0. The Morgan fingerprint density at radius 1 is 0.800 bits per heavy atom. The van der Waals surface area contributed by atoms with Crippen molar-refractivity contribution in [3.05, 3.63) is 58.7 Å². The Balaban J connectivity index is 1.64. The van der Waals surface area contributed by atoms with Crippen LogP contribution < -0.4 is 0 Å². The second-order valence-corrected chi connectivity index (χ2v) is 8.32. The standard InChI is InChI=1S/C26H34N2O2/c1-3-6-19-10-12-25(29)21(14-19)17-27-23-8-5-9-24(16-23)28-18-22-15-20(7-4-2)11-13-26(22)30/h10-15,17-18,23-24,29-30H,3-9,16H2,1-2H3. The van der Waals surface area contributed by atoms with Crippen molar-refractivity contribution in [2.45, 2.75) is 77.3 Å². The van der Waals surface area contributed by atoms with Gasteiger partial charge in [0.2, 0.25) is 0 Å². The molecule has 0 bridgehead atoms. The van der Waals surface area contributed by atoms with Crippen LogP contribution in [0.15, 0.2) is 46.4 Å². The lowest BCUT2D eigenvalue weighted by molar-refractivity contribution is 0.397. The van der Waals surface area contributed by atoms with Crippen molar-refractivity contribution in [2.75, 3.05) is 0 Å². The number of nitrogens with zero attached hydrogens (tertiary/aromatic N) is 2. The number of rotatable bonds is 8. The zero-order chi connectivity index (χ0) is 21.3. The Bertz CT molecular complexity index is 817. The molecule has 2 aromatic rings. The van der Waals surface area contributed by atoms with E-state index in [1.807, 2.05) is 36.7 Å². The normalized spacial score (nSPS) is 19.7. The molecule has 4 heteroatoms. The highest BCUT2D eigenvalue weighted by molar-refractivity contribution is 5.84. The van der Waals surface area contributed by atoms with Crippen molar-refractivity contribution in [3.63, 3.8) is 0 Å². The smallest absolute Gasteiger partial charge is 0.124 e. The topological polar surface area (TPSA) is 65.2 Å². The van der Waals surface area contributed by atoms with E-state index >= 15 is 0 Å². The summed E-state index contributed by atoms with van der Waals surface area (Å²) in [6.07, 6.45) is 11.9. The van der Waals surface area contributed by atoms with Gasteiger partial charge in [-0.3, -0.25) is 9.98 Å². The molecular weight excluding hydrogens is 372 g/mol. The lowest BCUT2D eigenvalue weighted by Crippen LogP contribution is -2.21. The summed E-state index contributed by atoms with van der Waals surface area (Å²) in [5.74, 6) is 0.567. The molecule has 0 saturated heterocycles. The van der Waals surface area contributed by atoms with Gasteiger partial charge in [-0.15, -0.1) is 0 Å². The van der Waals surface area contributed by atoms with Gasteiger partial charge in [0.1, 0.15) is 11.5 Å². The SMILES string of the molecule is CCCc1ccc(O)c(C=NC2CCCC(N=Cc3cc(CCC)ccc3O)C2)c1. The third-order valence-electron chi connectivity index (χ3n) is 5.73. The van der Waals surface area contributed by atoms with Crippen molar-refractivity contribution < 1.29 is 10.2 Å². The third-order valence-corrected chi connectivity index (χ3v) is 5.73. The number of aromatic hydroxyl groups is 2.